The minimum Gasteiger partial charge on any atom is -0.324 e. The van der Waals surface area contributed by atoms with E-state index in [0.29, 0.717) is 28.7 Å². The molecule has 0 spiro atoms. The highest BCUT2D eigenvalue weighted by molar-refractivity contribution is 7.99. The monoisotopic (exact) mass is 491 g/mol. The van der Waals surface area contributed by atoms with E-state index in [1.54, 1.807) is 24.3 Å². The molecular formula is C25H22FN5O3S. The molecule has 0 bridgehead atoms. The summed E-state index contributed by atoms with van der Waals surface area (Å²) in [5, 5.41) is 22.9. The fourth-order valence-electron chi connectivity index (χ4n) is 3.42. The van der Waals surface area contributed by atoms with E-state index in [4.69, 9.17) is 0 Å². The highest BCUT2D eigenvalue weighted by atomic mass is 32.2. The molecule has 10 heteroatoms. The van der Waals surface area contributed by atoms with Gasteiger partial charge in [0.05, 0.1) is 10.6 Å². The van der Waals surface area contributed by atoms with Crippen molar-refractivity contribution in [1.82, 2.24) is 14.8 Å². The smallest absolute Gasteiger partial charge is 0.269 e. The quantitative estimate of drug-likeness (QED) is 0.129. The van der Waals surface area contributed by atoms with Gasteiger partial charge in [-0.2, -0.15) is 0 Å². The minimum absolute atomic E-state index is 0.00756. The van der Waals surface area contributed by atoms with Crippen molar-refractivity contribution in [2.45, 2.75) is 24.4 Å². The molecule has 0 fully saturated rings. The average Bonchev–Trinajstić information content (AvgIpc) is 3.29. The number of carbonyl (C=O) groups is 1. The van der Waals surface area contributed by atoms with Gasteiger partial charge in [0.25, 0.3) is 5.69 Å². The van der Waals surface area contributed by atoms with E-state index in [1.165, 1.54) is 36.0 Å². The van der Waals surface area contributed by atoms with Crippen LogP contribution in [-0.4, -0.2) is 31.3 Å². The molecule has 0 atom stereocenters. The second-order valence-electron chi connectivity index (χ2n) is 7.61. The Kier molecular flexibility index (Phi) is 7.84. The van der Waals surface area contributed by atoms with Crippen LogP contribution < -0.4 is 5.32 Å². The van der Waals surface area contributed by atoms with Crippen molar-refractivity contribution in [1.29, 1.82) is 0 Å². The van der Waals surface area contributed by atoms with E-state index >= 15 is 0 Å². The van der Waals surface area contributed by atoms with E-state index in [1.807, 2.05) is 34.9 Å². The van der Waals surface area contributed by atoms with Crippen LogP contribution in [0, 0.1) is 15.9 Å². The number of para-hydroxylation sites is 2. The lowest BCUT2D eigenvalue weighted by molar-refractivity contribution is -0.384. The first kappa shape index (κ1) is 24.1. The van der Waals surface area contributed by atoms with Crippen molar-refractivity contribution < 1.29 is 14.1 Å². The number of nitrogens with one attached hydrogen (secondary N) is 1. The summed E-state index contributed by atoms with van der Waals surface area (Å²) in [6.07, 6.45) is 1.68. The maximum atomic E-state index is 13.7. The summed E-state index contributed by atoms with van der Waals surface area (Å²) in [5.41, 5.74) is 1.77. The number of thioether (sulfide) groups is 1. The van der Waals surface area contributed by atoms with Crippen molar-refractivity contribution in [3.63, 3.8) is 0 Å². The number of hydrogen-bond acceptors (Lipinski definition) is 6. The van der Waals surface area contributed by atoms with Crippen molar-refractivity contribution in [3.05, 3.63) is 94.8 Å². The fraction of sp³-hybridized carbons (Fsp3) is 0.160. The lowest BCUT2D eigenvalue weighted by atomic mass is 10.2. The molecular weight excluding hydrogens is 469 g/mol. The third-order valence-corrected chi connectivity index (χ3v) is 6.18. The van der Waals surface area contributed by atoms with Gasteiger partial charge in [-0.1, -0.05) is 42.1 Å². The van der Waals surface area contributed by atoms with E-state index in [-0.39, 0.29) is 23.7 Å². The number of carbonyl (C=O) groups excluding carboxylic acids is 1. The van der Waals surface area contributed by atoms with E-state index in [0.717, 1.165) is 12.1 Å². The average molecular weight is 492 g/mol. The van der Waals surface area contributed by atoms with Gasteiger partial charge in [-0.15, -0.1) is 10.2 Å². The van der Waals surface area contributed by atoms with Crippen molar-refractivity contribution in [2.24, 2.45) is 0 Å². The molecule has 4 rings (SSSR count). The molecule has 3 aromatic carbocycles. The number of nitrogens with zero attached hydrogens (tertiary/aromatic N) is 4. The van der Waals surface area contributed by atoms with Gasteiger partial charge < -0.3 is 5.32 Å². The van der Waals surface area contributed by atoms with Crippen LogP contribution in [0.2, 0.25) is 0 Å². The second-order valence-corrected chi connectivity index (χ2v) is 8.68. The molecule has 0 radical (unpaired) electrons. The van der Waals surface area contributed by atoms with Crippen molar-refractivity contribution in [2.75, 3.05) is 11.1 Å². The molecule has 35 heavy (non-hydrogen) atoms. The van der Waals surface area contributed by atoms with E-state index in [2.05, 4.69) is 15.5 Å². The molecule has 0 unspecified atom stereocenters. The molecule has 1 N–H and O–H groups in total. The summed E-state index contributed by atoms with van der Waals surface area (Å²) >= 11 is 1.51. The number of hydrogen-bond donors (Lipinski definition) is 1. The van der Waals surface area contributed by atoms with Crippen molar-refractivity contribution in [3.8, 4) is 17.1 Å². The fourth-order valence-corrected chi connectivity index (χ4v) is 4.37. The number of rotatable bonds is 10. The summed E-state index contributed by atoms with van der Waals surface area (Å²) in [4.78, 5) is 22.7. The number of nitro benzene ring substituents is 1. The van der Waals surface area contributed by atoms with E-state index < -0.39 is 10.7 Å². The van der Waals surface area contributed by atoms with Gasteiger partial charge in [0.1, 0.15) is 5.82 Å². The van der Waals surface area contributed by atoms with Crippen molar-refractivity contribution >= 4 is 29.0 Å². The molecule has 0 saturated heterocycles. The van der Waals surface area contributed by atoms with Crippen LogP contribution in [0.5, 0.6) is 0 Å². The zero-order chi connectivity index (χ0) is 24.6. The summed E-state index contributed by atoms with van der Waals surface area (Å²) in [7, 11) is 0. The van der Waals surface area contributed by atoms with Gasteiger partial charge in [0, 0.05) is 35.6 Å². The Morgan fingerprint density at radius 3 is 2.40 bits per heavy atom. The predicted molar refractivity (Wildman–Crippen MR) is 133 cm³/mol. The Labute approximate surface area is 205 Å². The summed E-state index contributed by atoms with van der Waals surface area (Å²) < 4.78 is 15.6. The number of aromatic nitrogens is 3. The normalized spacial score (nSPS) is 10.8. The third kappa shape index (κ3) is 6.10. The molecule has 1 heterocycles. The maximum absolute atomic E-state index is 13.7. The van der Waals surface area contributed by atoms with Crippen LogP contribution in [0.25, 0.3) is 17.1 Å². The summed E-state index contributed by atoms with van der Waals surface area (Å²) in [5.74, 6) is 0.601. The third-order valence-electron chi connectivity index (χ3n) is 5.16. The Hall–Kier alpha value is -4.05. The first-order chi connectivity index (χ1) is 17.0. The standard InChI is InChI=1S/C25H22FN5O3S/c26-21-10-4-5-11-22(21)27-23(32)12-6-7-17-35-25-29-28-24(30(25)19-8-2-1-3-9-19)18-13-15-20(16-14-18)31(33)34/h1-5,8-11,13-16H,6-7,12,17H2,(H,27,32). The van der Waals surface area contributed by atoms with Crippen LogP contribution in [0.3, 0.4) is 0 Å². The Morgan fingerprint density at radius 2 is 1.69 bits per heavy atom. The number of non-ortho nitro benzene ring substituents is 1. The summed E-state index contributed by atoms with van der Waals surface area (Å²) in [6.45, 7) is 0. The van der Waals surface area contributed by atoms with Gasteiger partial charge in [-0.25, -0.2) is 4.39 Å². The highest BCUT2D eigenvalue weighted by Gasteiger charge is 2.17. The Morgan fingerprint density at radius 1 is 0.971 bits per heavy atom. The summed E-state index contributed by atoms with van der Waals surface area (Å²) in [6, 6.07) is 21.9. The topological polar surface area (TPSA) is 103 Å². The molecule has 8 nitrogen and oxygen atoms in total. The van der Waals surface area contributed by atoms with Gasteiger partial charge >= 0.3 is 0 Å². The molecule has 1 aromatic heterocycles. The predicted octanol–water partition coefficient (Wildman–Crippen LogP) is 5.88. The first-order valence-corrected chi connectivity index (χ1v) is 11.9. The SMILES string of the molecule is O=C(CCCCSc1nnc(-c2ccc([N+](=O)[O-])cc2)n1-c1ccccc1)Nc1ccccc1F. The lowest BCUT2D eigenvalue weighted by Crippen LogP contribution is -2.12. The molecule has 0 aliphatic carbocycles. The lowest BCUT2D eigenvalue weighted by Gasteiger charge is -2.10. The second kappa shape index (κ2) is 11.4. The zero-order valence-electron chi connectivity index (χ0n) is 18.6. The van der Waals surface area contributed by atoms with Crippen LogP contribution in [0.15, 0.2) is 84.0 Å². The maximum Gasteiger partial charge on any atom is 0.269 e. The van der Waals surface area contributed by atoms with Gasteiger partial charge in [0.15, 0.2) is 11.0 Å². The number of halogens is 1. The van der Waals surface area contributed by atoms with E-state index in [9.17, 15) is 19.3 Å². The van der Waals surface area contributed by atoms with Gasteiger partial charge in [-0.3, -0.25) is 19.5 Å². The molecule has 1 amide bonds. The largest absolute Gasteiger partial charge is 0.324 e. The molecule has 0 aliphatic heterocycles. The highest BCUT2D eigenvalue weighted by Crippen LogP contribution is 2.29. The van der Waals surface area contributed by atoms with Crippen LogP contribution in [0.1, 0.15) is 19.3 Å². The zero-order valence-corrected chi connectivity index (χ0v) is 19.5. The Bertz CT molecular complexity index is 1310. The molecule has 4 aromatic rings. The van der Waals surface area contributed by atoms with Crippen LogP contribution in [0.4, 0.5) is 15.8 Å². The number of benzene rings is 3. The van der Waals surface area contributed by atoms with Crippen LogP contribution in [-0.2, 0) is 4.79 Å². The van der Waals surface area contributed by atoms with Gasteiger partial charge in [-0.05, 0) is 49.2 Å². The Balaban J connectivity index is 1.40. The minimum atomic E-state index is -0.458. The number of amides is 1. The van der Waals surface area contributed by atoms with Gasteiger partial charge in [0.2, 0.25) is 5.91 Å². The molecule has 0 aliphatic rings. The van der Waals surface area contributed by atoms with Crippen LogP contribution >= 0.6 is 11.8 Å². The number of unbranched alkanes of at least 4 members (excludes halogenated alkanes) is 1. The molecule has 178 valence electrons. The number of anilines is 1. The molecule has 0 saturated carbocycles. The first-order valence-electron chi connectivity index (χ1n) is 11.0. The number of nitro groups is 1.